The quantitative estimate of drug-likeness (QED) is 0.823. The Balaban J connectivity index is 2.97. The lowest BCUT2D eigenvalue weighted by atomic mass is 10.1. The minimum Gasteiger partial charge on any atom is -0.480 e. The summed E-state index contributed by atoms with van der Waals surface area (Å²) in [6.07, 6.45) is 0. The lowest BCUT2D eigenvalue weighted by Gasteiger charge is -2.10. The molecule has 2 N–H and O–H groups in total. The van der Waals surface area contributed by atoms with Gasteiger partial charge in [0.05, 0.1) is 17.4 Å². The normalized spacial score (nSPS) is 12.7. The van der Waals surface area contributed by atoms with Crippen molar-refractivity contribution in [2.24, 2.45) is 0 Å². The first-order valence-electron chi connectivity index (χ1n) is 5.16. The average molecular weight is 286 g/mol. The van der Waals surface area contributed by atoms with E-state index < -0.39 is 33.6 Å². The molecule has 8 heteroatoms. The zero-order valence-electron chi connectivity index (χ0n) is 9.92. The monoisotopic (exact) mass is 286 g/mol. The van der Waals surface area contributed by atoms with Gasteiger partial charge in [-0.15, -0.1) is 0 Å². The van der Waals surface area contributed by atoms with Crippen LogP contribution < -0.4 is 4.72 Å². The van der Waals surface area contributed by atoms with E-state index in [2.05, 4.69) is 0 Å². The summed E-state index contributed by atoms with van der Waals surface area (Å²) < 4.78 is 38.2. The van der Waals surface area contributed by atoms with Gasteiger partial charge in [0.1, 0.15) is 11.9 Å². The number of carbonyl (C=O) groups is 1. The number of nitriles is 1. The molecule has 102 valence electrons. The third-order valence-electron chi connectivity index (χ3n) is 2.26. The summed E-state index contributed by atoms with van der Waals surface area (Å²) in [7, 11) is -3.93. The number of nitrogens with one attached hydrogen (secondary N) is 1. The highest BCUT2D eigenvalue weighted by Crippen LogP contribution is 2.13. The van der Waals surface area contributed by atoms with Gasteiger partial charge in [-0.05, 0) is 24.6 Å². The number of sulfonamides is 1. The summed E-state index contributed by atoms with van der Waals surface area (Å²) in [6, 6.07) is 3.54. The zero-order chi connectivity index (χ0) is 14.6. The van der Waals surface area contributed by atoms with Crippen molar-refractivity contribution in [2.45, 2.75) is 18.7 Å². The van der Waals surface area contributed by atoms with Gasteiger partial charge in [-0.1, -0.05) is 6.07 Å². The highest BCUT2D eigenvalue weighted by molar-refractivity contribution is 7.88. The van der Waals surface area contributed by atoms with Crippen molar-refractivity contribution in [3.63, 3.8) is 0 Å². The second kappa shape index (κ2) is 5.77. The third kappa shape index (κ3) is 4.31. The Morgan fingerprint density at radius 3 is 2.74 bits per heavy atom. The maximum atomic E-state index is 12.9. The van der Waals surface area contributed by atoms with Gasteiger partial charge in [0.2, 0.25) is 10.0 Å². The molecule has 0 radical (unpaired) electrons. The van der Waals surface area contributed by atoms with Crippen molar-refractivity contribution in [3.8, 4) is 6.07 Å². The van der Waals surface area contributed by atoms with Gasteiger partial charge in [-0.3, -0.25) is 4.79 Å². The predicted octanol–water partition coefficient (Wildman–Crippen LogP) is 0.590. The van der Waals surface area contributed by atoms with Crippen LogP contribution in [-0.2, 0) is 20.6 Å². The van der Waals surface area contributed by atoms with Crippen LogP contribution in [0.4, 0.5) is 4.39 Å². The van der Waals surface area contributed by atoms with Crippen molar-refractivity contribution in [2.75, 3.05) is 0 Å². The number of hydrogen-bond acceptors (Lipinski definition) is 4. The summed E-state index contributed by atoms with van der Waals surface area (Å²) in [5.74, 6) is -2.55. The Hall–Kier alpha value is -1.98. The molecule has 0 aliphatic rings. The molecule has 0 saturated heterocycles. The summed E-state index contributed by atoms with van der Waals surface area (Å²) in [5, 5.41) is 17.4. The number of aliphatic carboxylic acids is 1. The lowest BCUT2D eigenvalue weighted by Crippen LogP contribution is -2.39. The molecule has 0 aliphatic carbocycles. The fraction of sp³-hybridized carbons (Fsp3) is 0.273. The van der Waals surface area contributed by atoms with Crippen molar-refractivity contribution < 1.29 is 22.7 Å². The molecule has 0 amide bonds. The van der Waals surface area contributed by atoms with Crippen LogP contribution in [0.5, 0.6) is 0 Å². The van der Waals surface area contributed by atoms with E-state index in [-0.39, 0.29) is 11.1 Å². The molecule has 0 aromatic heterocycles. The molecule has 19 heavy (non-hydrogen) atoms. The molecule has 1 aromatic rings. The first-order chi connectivity index (χ1) is 8.75. The van der Waals surface area contributed by atoms with Gasteiger partial charge in [0.25, 0.3) is 0 Å². The number of hydrogen-bond donors (Lipinski definition) is 2. The van der Waals surface area contributed by atoms with Crippen LogP contribution in [-0.4, -0.2) is 25.5 Å². The highest BCUT2D eigenvalue weighted by atomic mass is 32.2. The Kier molecular flexibility index (Phi) is 4.58. The standard InChI is InChI=1S/C11H11FN2O4S/c1-7(11(15)16)14-19(17,18)6-8-2-3-10(12)4-9(8)5-13/h2-4,7,14H,6H2,1H3,(H,15,16)/t7-/m0/s1. The molecule has 0 bridgehead atoms. The second-order valence-electron chi connectivity index (χ2n) is 3.85. The number of nitrogens with zero attached hydrogens (tertiary/aromatic N) is 1. The second-order valence-corrected chi connectivity index (χ2v) is 5.60. The molecular formula is C11H11FN2O4S. The van der Waals surface area contributed by atoms with Crippen LogP contribution in [0.25, 0.3) is 0 Å². The summed E-state index contributed by atoms with van der Waals surface area (Å²) in [5.41, 5.74) is 0.00217. The fourth-order valence-corrected chi connectivity index (χ4v) is 2.73. The van der Waals surface area contributed by atoms with Crippen LogP contribution in [0.1, 0.15) is 18.1 Å². The smallest absolute Gasteiger partial charge is 0.321 e. The molecular weight excluding hydrogens is 275 g/mol. The van der Waals surface area contributed by atoms with E-state index in [1.54, 1.807) is 6.07 Å². The molecule has 0 spiro atoms. The summed E-state index contributed by atoms with van der Waals surface area (Å²) in [4.78, 5) is 10.6. The predicted molar refractivity (Wildman–Crippen MR) is 64.0 cm³/mol. The van der Waals surface area contributed by atoms with Crippen LogP contribution in [0.15, 0.2) is 18.2 Å². The third-order valence-corrected chi connectivity index (χ3v) is 3.67. The molecule has 0 saturated carbocycles. The molecule has 6 nitrogen and oxygen atoms in total. The van der Waals surface area contributed by atoms with E-state index in [4.69, 9.17) is 10.4 Å². The van der Waals surface area contributed by atoms with Crippen molar-refractivity contribution in [3.05, 3.63) is 35.1 Å². The zero-order valence-corrected chi connectivity index (χ0v) is 10.7. The molecule has 0 aliphatic heterocycles. The SMILES string of the molecule is C[C@H](NS(=O)(=O)Cc1ccc(F)cc1C#N)C(=O)O. The maximum Gasteiger partial charge on any atom is 0.321 e. The van der Waals surface area contributed by atoms with Gasteiger partial charge < -0.3 is 5.11 Å². The van der Waals surface area contributed by atoms with E-state index >= 15 is 0 Å². The Bertz CT molecular complexity index is 637. The van der Waals surface area contributed by atoms with Gasteiger partial charge in [0.15, 0.2) is 0 Å². The Morgan fingerprint density at radius 1 is 1.58 bits per heavy atom. The van der Waals surface area contributed by atoms with E-state index in [1.807, 2.05) is 4.72 Å². The van der Waals surface area contributed by atoms with E-state index in [9.17, 15) is 17.6 Å². The van der Waals surface area contributed by atoms with Crippen LogP contribution in [0, 0.1) is 17.1 Å². The van der Waals surface area contributed by atoms with Crippen LogP contribution in [0.2, 0.25) is 0 Å². The molecule has 1 aromatic carbocycles. The largest absolute Gasteiger partial charge is 0.480 e. The Labute approximate surface area is 109 Å². The van der Waals surface area contributed by atoms with Crippen LogP contribution in [0.3, 0.4) is 0 Å². The van der Waals surface area contributed by atoms with E-state index in [1.165, 1.54) is 13.0 Å². The van der Waals surface area contributed by atoms with E-state index in [0.29, 0.717) is 0 Å². The number of rotatable bonds is 5. The van der Waals surface area contributed by atoms with Gasteiger partial charge in [-0.2, -0.15) is 5.26 Å². The highest BCUT2D eigenvalue weighted by Gasteiger charge is 2.21. The van der Waals surface area contributed by atoms with Gasteiger partial charge >= 0.3 is 5.97 Å². The number of halogens is 1. The average Bonchev–Trinajstić information content (AvgIpc) is 2.30. The first kappa shape index (κ1) is 15.1. The van der Waals surface area contributed by atoms with Crippen molar-refractivity contribution in [1.82, 2.24) is 4.72 Å². The molecule has 1 atom stereocenters. The number of carboxylic acids is 1. The molecule has 1 rings (SSSR count). The van der Waals surface area contributed by atoms with Crippen molar-refractivity contribution >= 4 is 16.0 Å². The van der Waals surface area contributed by atoms with Gasteiger partial charge in [0, 0.05) is 0 Å². The minimum atomic E-state index is -3.93. The van der Waals surface area contributed by atoms with Crippen molar-refractivity contribution in [1.29, 1.82) is 5.26 Å². The van der Waals surface area contributed by atoms with E-state index in [0.717, 1.165) is 12.1 Å². The van der Waals surface area contributed by atoms with Crippen LogP contribution >= 0.6 is 0 Å². The van der Waals surface area contributed by atoms with Gasteiger partial charge in [-0.25, -0.2) is 17.5 Å². The number of carboxylic acid groups (broad SMARTS) is 1. The lowest BCUT2D eigenvalue weighted by molar-refractivity contribution is -0.138. The summed E-state index contributed by atoms with van der Waals surface area (Å²) in [6.45, 7) is 1.18. The first-order valence-corrected chi connectivity index (χ1v) is 6.82. The molecule has 0 unspecified atom stereocenters. The Morgan fingerprint density at radius 2 is 2.21 bits per heavy atom. The number of benzene rings is 1. The summed E-state index contributed by atoms with van der Waals surface area (Å²) >= 11 is 0. The molecule has 0 heterocycles. The molecule has 0 fully saturated rings. The topological polar surface area (TPSA) is 107 Å². The maximum absolute atomic E-state index is 12.9. The minimum absolute atomic E-state index is 0.103. The fourth-order valence-electron chi connectivity index (χ4n) is 1.34.